The van der Waals surface area contributed by atoms with Crippen molar-refractivity contribution in [1.82, 2.24) is 15.0 Å². The third-order valence-electron chi connectivity index (χ3n) is 4.66. The van der Waals surface area contributed by atoms with Gasteiger partial charge in [-0.15, -0.1) is 0 Å². The van der Waals surface area contributed by atoms with Gasteiger partial charge < -0.3 is 20.4 Å². The third kappa shape index (κ3) is 4.07. The number of aromatic amines is 2. The van der Waals surface area contributed by atoms with Crippen LogP contribution in [0.2, 0.25) is 5.02 Å². The summed E-state index contributed by atoms with van der Waals surface area (Å²) in [6.45, 7) is 2.18. The topological polar surface area (TPSA) is 93.8 Å². The average Bonchev–Trinajstić information content (AvgIpc) is 3.10. The highest BCUT2D eigenvalue weighted by Crippen LogP contribution is 2.28. The lowest BCUT2D eigenvalue weighted by Crippen LogP contribution is -2.17. The molecule has 0 fully saturated rings. The Morgan fingerprint density at radius 2 is 2.10 bits per heavy atom. The van der Waals surface area contributed by atoms with Gasteiger partial charge in [0.2, 0.25) is 0 Å². The normalized spacial score (nSPS) is 12.3. The molecule has 0 aliphatic carbocycles. The molecule has 2 aromatic carbocycles. The molecule has 4 aromatic rings. The highest BCUT2D eigenvalue weighted by molar-refractivity contribution is 9.10. The number of nitrogens with one attached hydrogen (secondary N) is 3. The predicted molar refractivity (Wildman–Crippen MR) is 119 cm³/mol. The lowest BCUT2D eigenvalue weighted by Gasteiger charge is -2.15. The zero-order valence-electron chi connectivity index (χ0n) is 15.5. The molecule has 4 N–H and O–H groups in total. The van der Waals surface area contributed by atoms with E-state index in [4.69, 9.17) is 11.6 Å². The number of fused-ring (bicyclic) bond motifs is 1. The van der Waals surface area contributed by atoms with Crippen LogP contribution in [0.5, 0.6) is 0 Å². The van der Waals surface area contributed by atoms with Crippen LogP contribution in [0.15, 0.2) is 57.9 Å². The maximum Gasteiger partial charge on any atom is 0.261 e. The fourth-order valence-corrected chi connectivity index (χ4v) is 4.04. The van der Waals surface area contributed by atoms with Gasteiger partial charge in [-0.3, -0.25) is 4.79 Å². The van der Waals surface area contributed by atoms with Gasteiger partial charge in [-0.1, -0.05) is 39.7 Å². The van der Waals surface area contributed by atoms with Gasteiger partial charge in [-0.25, -0.2) is 4.98 Å². The summed E-state index contributed by atoms with van der Waals surface area (Å²) in [5.41, 5.74) is 4.01. The molecule has 0 aliphatic heterocycles. The minimum atomic E-state index is -0.783. The average molecular weight is 474 g/mol. The number of nitrogens with zero attached hydrogens (tertiary/aromatic N) is 1. The van der Waals surface area contributed by atoms with Gasteiger partial charge in [0.1, 0.15) is 11.4 Å². The first-order valence-corrected chi connectivity index (χ1v) is 10.1. The summed E-state index contributed by atoms with van der Waals surface area (Å²) in [5.74, 6) is 0.461. The van der Waals surface area contributed by atoms with Crippen LogP contribution in [0, 0.1) is 6.92 Å². The van der Waals surface area contributed by atoms with Crippen molar-refractivity contribution in [2.45, 2.75) is 13.0 Å². The molecule has 1 unspecified atom stereocenters. The van der Waals surface area contributed by atoms with Crippen LogP contribution in [-0.4, -0.2) is 26.6 Å². The van der Waals surface area contributed by atoms with Crippen molar-refractivity contribution in [3.8, 4) is 11.4 Å². The maximum atomic E-state index is 12.6. The second-order valence-electron chi connectivity index (χ2n) is 6.75. The molecule has 0 spiro atoms. The number of H-pyrrole nitrogens is 2. The summed E-state index contributed by atoms with van der Waals surface area (Å²) in [4.78, 5) is 23.1. The first-order valence-electron chi connectivity index (χ1n) is 8.97. The van der Waals surface area contributed by atoms with Crippen molar-refractivity contribution < 1.29 is 5.11 Å². The monoisotopic (exact) mass is 472 g/mol. The lowest BCUT2D eigenvalue weighted by molar-refractivity contribution is 0.191. The highest BCUT2D eigenvalue weighted by atomic mass is 79.9. The Hall–Kier alpha value is -2.61. The number of imidazole rings is 1. The number of anilines is 1. The SMILES string of the molecule is Cc1cc(Br)cc2[nH]c(-c3c(NCC(O)c4cccc(Cl)c4)cc[nH]c3=O)nc12. The van der Waals surface area contributed by atoms with Gasteiger partial charge >= 0.3 is 0 Å². The molecule has 2 aromatic heterocycles. The van der Waals surface area contributed by atoms with E-state index in [2.05, 4.69) is 36.2 Å². The number of pyridine rings is 1. The molecule has 0 aliphatic rings. The fourth-order valence-electron chi connectivity index (χ4n) is 3.26. The first-order chi connectivity index (χ1) is 13.9. The summed E-state index contributed by atoms with van der Waals surface area (Å²) >= 11 is 9.48. The Kier molecular flexibility index (Phi) is 5.45. The molecular weight excluding hydrogens is 456 g/mol. The zero-order valence-corrected chi connectivity index (χ0v) is 17.8. The van der Waals surface area contributed by atoms with Gasteiger partial charge in [0, 0.05) is 22.2 Å². The van der Waals surface area contributed by atoms with Gasteiger partial charge in [-0.2, -0.15) is 0 Å². The molecule has 0 radical (unpaired) electrons. The van der Waals surface area contributed by atoms with Crippen molar-refractivity contribution in [2.24, 2.45) is 0 Å². The van der Waals surface area contributed by atoms with E-state index < -0.39 is 6.10 Å². The third-order valence-corrected chi connectivity index (χ3v) is 5.35. The number of hydrogen-bond acceptors (Lipinski definition) is 4. The van der Waals surface area contributed by atoms with Crippen LogP contribution < -0.4 is 10.9 Å². The minimum absolute atomic E-state index is 0.210. The van der Waals surface area contributed by atoms with E-state index in [1.807, 2.05) is 19.1 Å². The van der Waals surface area contributed by atoms with Crippen LogP contribution in [-0.2, 0) is 0 Å². The number of benzene rings is 2. The maximum absolute atomic E-state index is 12.6. The fraction of sp³-hybridized carbons (Fsp3) is 0.143. The van der Waals surface area contributed by atoms with Crippen molar-refractivity contribution >= 4 is 44.3 Å². The number of hydrogen-bond donors (Lipinski definition) is 4. The number of aryl methyl sites for hydroxylation is 1. The van der Waals surface area contributed by atoms with E-state index >= 15 is 0 Å². The number of halogens is 2. The Labute approximate surface area is 180 Å². The largest absolute Gasteiger partial charge is 0.387 e. The van der Waals surface area contributed by atoms with Crippen LogP contribution in [0.3, 0.4) is 0 Å². The molecule has 148 valence electrons. The zero-order chi connectivity index (χ0) is 20.5. The Morgan fingerprint density at radius 1 is 1.28 bits per heavy atom. The summed E-state index contributed by atoms with van der Waals surface area (Å²) in [6.07, 6.45) is 0.777. The van der Waals surface area contributed by atoms with E-state index in [1.165, 1.54) is 0 Å². The summed E-state index contributed by atoms with van der Waals surface area (Å²) in [5, 5.41) is 14.2. The summed E-state index contributed by atoms with van der Waals surface area (Å²) < 4.78 is 0.933. The number of aliphatic hydroxyl groups excluding tert-OH is 1. The molecule has 0 saturated carbocycles. The molecule has 1 atom stereocenters. The van der Waals surface area contributed by atoms with Crippen LogP contribution in [0.1, 0.15) is 17.2 Å². The van der Waals surface area contributed by atoms with E-state index in [0.29, 0.717) is 27.7 Å². The van der Waals surface area contributed by atoms with Crippen molar-refractivity contribution in [1.29, 1.82) is 0 Å². The molecule has 6 nitrogen and oxygen atoms in total. The van der Waals surface area contributed by atoms with Crippen molar-refractivity contribution in [2.75, 3.05) is 11.9 Å². The van der Waals surface area contributed by atoms with Gasteiger partial charge in [0.25, 0.3) is 5.56 Å². The molecule has 8 heteroatoms. The smallest absolute Gasteiger partial charge is 0.261 e. The van der Waals surface area contributed by atoms with E-state index in [-0.39, 0.29) is 12.1 Å². The molecule has 2 heterocycles. The Bertz CT molecular complexity index is 1250. The minimum Gasteiger partial charge on any atom is -0.387 e. The molecule has 0 amide bonds. The van der Waals surface area contributed by atoms with Crippen LogP contribution in [0.4, 0.5) is 5.69 Å². The van der Waals surface area contributed by atoms with Crippen LogP contribution in [0.25, 0.3) is 22.4 Å². The van der Waals surface area contributed by atoms with Crippen molar-refractivity contribution in [3.63, 3.8) is 0 Å². The number of aromatic nitrogens is 3. The molecule has 29 heavy (non-hydrogen) atoms. The van der Waals surface area contributed by atoms with Crippen LogP contribution >= 0.6 is 27.5 Å². The Morgan fingerprint density at radius 3 is 2.90 bits per heavy atom. The molecule has 4 rings (SSSR count). The second-order valence-corrected chi connectivity index (χ2v) is 8.10. The number of aliphatic hydroxyl groups is 1. The standard InChI is InChI=1S/C21H18BrClN4O2/c1-11-7-13(22)9-16-19(11)27-20(26-16)18-15(5-6-24-21(18)29)25-10-17(28)12-3-2-4-14(23)8-12/h2-9,17,28H,10H2,1H3,(H,26,27)(H2,24,25,29). The number of rotatable bonds is 5. The van der Waals surface area contributed by atoms with E-state index in [9.17, 15) is 9.90 Å². The van der Waals surface area contributed by atoms with Gasteiger partial charge in [0.15, 0.2) is 0 Å². The Balaban J connectivity index is 1.67. The summed E-state index contributed by atoms with van der Waals surface area (Å²) in [6, 6.07) is 12.7. The molecule has 0 bridgehead atoms. The second kappa shape index (κ2) is 8.02. The van der Waals surface area contributed by atoms with Crippen molar-refractivity contribution in [3.05, 3.63) is 79.6 Å². The molecular formula is C21H18BrClN4O2. The highest BCUT2D eigenvalue weighted by Gasteiger charge is 2.16. The van der Waals surface area contributed by atoms with Gasteiger partial charge in [0.05, 0.1) is 22.8 Å². The lowest BCUT2D eigenvalue weighted by atomic mass is 10.1. The van der Waals surface area contributed by atoms with Gasteiger partial charge in [-0.05, 0) is 48.4 Å². The molecule has 0 saturated heterocycles. The van der Waals surface area contributed by atoms with E-state index in [1.54, 1.807) is 36.5 Å². The predicted octanol–water partition coefficient (Wildman–Crippen LogP) is 4.79. The first kappa shape index (κ1) is 19.7. The summed E-state index contributed by atoms with van der Waals surface area (Å²) in [7, 11) is 0. The van der Waals surface area contributed by atoms with E-state index in [0.717, 1.165) is 21.1 Å². The quantitative estimate of drug-likeness (QED) is 0.335.